The molecule has 8 heteroatoms. The molecule has 0 radical (unpaired) electrons. The molecule has 1 saturated carbocycles. The molecule has 1 aromatic rings. The van der Waals surface area contributed by atoms with E-state index in [0.29, 0.717) is 18.5 Å². The minimum Gasteiger partial charge on any atom is -0.383 e. The van der Waals surface area contributed by atoms with Crippen molar-refractivity contribution in [2.45, 2.75) is 43.9 Å². The molecular weight excluding hydrogens is 321 g/mol. The molecule has 0 bridgehead atoms. The van der Waals surface area contributed by atoms with Crippen LogP contribution in [0, 0.1) is 0 Å². The Morgan fingerprint density at radius 1 is 1.17 bits per heavy atom. The van der Waals surface area contributed by atoms with Gasteiger partial charge in [-0.05, 0) is 25.7 Å². The van der Waals surface area contributed by atoms with Crippen molar-refractivity contribution in [3.63, 3.8) is 0 Å². The Labute approximate surface area is 139 Å². The highest BCUT2D eigenvalue weighted by Crippen LogP contribution is 2.37. The van der Waals surface area contributed by atoms with Crippen LogP contribution in [0.4, 0.5) is 19.0 Å². The zero-order chi connectivity index (χ0) is 17.2. The summed E-state index contributed by atoms with van der Waals surface area (Å²) in [5.41, 5.74) is -0.865. The summed E-state index contributed by atoms with van der Waals surface area (Å²) in [5.74, 6) is 0.412. The van der Waals surface area contributed by atoms with Gasteiger partial charge in [0.25, 0.3) is 0 Å². The average molecular weight is 344 g/mol. The summed E-state index contributed by atoms with van der Waals surface area (Å²) in [7, 11) is 1.69. The monoisotopic (exact) mass is 344 g/mol. The number of hydrogen-bond donors (Lipinski definition) is 0. The molecule has 134 valence electrons. The van der Waals surface area contributed by atoms with Crippen LogP contribution in [0.5, 0.6) is 0 Å². The molecular formula is C16H23F3N4O. The molecule has 0 amide bonds. The Morgan fingerprint density at radius 3 is 2.42 bits per heavy atom. The quantitative estimate of drug-likeness (QED) is 0.793. The molecule has 0 spiro atoms. The van der Waals surface area contributed by atoms with Gasteiger partial charge in [0.05, 0.1) is 6.61 Å². The third-order valence-electron chi connectivity index (χ3n) is 4.71. The SMILES string of the molecule is COCCN1CCC(N(c2cc(C(F)(F)F)ncn2)C2CC2)CC1. The number of methoxy groups -OCH3 is 1. The summed E-state index contributed by atoms with van der Waals surface area (Å²) in [5, 5.41) is 0. The average Bonchev–Trinajstić information content (AvgIpc) is 3.39. The van der Waals surface area contributed by atoms with Gasteiger partial charge in [-0.25, -0.2) is 9.97 Å². The van der Waals surface area contributed by atoms with Crippen LogP contribution in [0.1, 0.15) is 31.4 Å². The first-order valence-corrected chi connectivity index (χ1v) is 8.38. The highest BCUT2D eigenvalue weighted by atomic mass is 19.4. The number of rotatable bonds is 6. The number of aromatic nitrogens is 2. The van der Waals surface area contributed by atoms with E-state index in [1.54, 1.807) is 7.11 Å². The lowest BCUT2D eigenvalue weighted by Crippen LogP contribution is -2.47. The Bertz CT molecular complexity index is 542. The number of piperidine rings is 1. The molecule has 0 aromatic carbocycles. The van der Waals surface area contributed by atoms with Gasteiger partial charge in [0, 0.05) is 44.9 Å². The van der Waals surface area contributed by atoms with Crippen LogP contribution in [0.25, 0.3) is 0 Å². The topological polar surface area (TPSA) is 41.5 Å². The van der Waals surface area contributed by atoms with Gasteiger partial charge >= 0.3 is 6.18 Å². The number of alkyl halides is 3. The van der Waals surface area contributed by atoms with Crippen molar-refractivity contribution in [2.75, 3.05) is 38.3 Å². The van der Waals surface area contributed by atoms with Crippen LogP contribution < -0.4 is 4.90 Å². The third kappa shape index (κ3) is 4.16. The Kier molecular flexibility index (Phi) is 5.24. The Hall–Kier alpha value is -1.41. The summed E-state index contributed by atoms with van der Waals surface area (Å²) >= 11 is 0. The lowest BCUT2D eigenvalue weighted by Gasteiger charge is -2.39. The molecule has 0 N–H and O–H groups in total. The van der Waals surface area contributed by atoms with Gasteiger partial charge in [0.2, 0.25) is 0 Å². The van der Waals surface area contributed by atoms with Crippen LogP contribution in [0.3, 0.4) is 0 Å². The number of ether oxygens (including phenoxy) is 1. The van der Waals surface area contributed by atoms with Crippen LogP contribution in [-0.2, 0) is 10.9 Å². The van der Waals surface area contributed by atoms with E-state index in [1.807, 2.05) is 0 Å². The van der Waals surface area contributed by atoms with Crippen molar-refractivity contribution in [1.82, 2.24) is 14.9 Å². The van der Waals surface area contributed by atoms with Gasteiger partial charge in [-0.3, -0.25) is 0 Å². The van der Waals surface area contributed by atoms with Crippen molar-refractivity contribution < 1.29 is 17.9 Å². The van der Waals surface area contributed by atoms with Crippen molar-refractivity contribution in [3.8, 4) is 0 Å². The maximum absolute atomic E-state index is 12.9. The van der Waals surface area contributed by atoms with E-state index in [4.69, 9.17) is 4.74 Å². The molecule has 2 aliphatic rings. The van der Waals surface area contributed by atoms with Gasteiger partial charge in [0.15, 0.2) is 0 Å². The predicted octanol–water partition coefficient (Wildman–Crippen LogP) is 2.58. The number of likely N-dealkylation sites (tertiary alicyclic amines) is 1. The molecule has 2 fully saturated rings. The molecule has 1 saturated heterocycles. The minimum atomic E-state index is -4.43. The minimum absolute atomic E-state index is 0.243. The maximum atomic E-state index is 12.9. The van der Waals surface area contributed by atoms with Crippen molar-refractivity contribution in [2.24, 2.45) is 0 Å². The Balaban J connectivity index is 1.70. The second-order valence-corrected chi connectivity index (χ2v) is 6.46. The fourth-order valence-corrected chi connectivity index (χ4v) is 3.31. The van der Waals surface area contributed by atoms with E-state index >= 15 is 0 Å². The first-order valence-electron chi connectivity index (χ1n) is 8.38. The Morgan fingerprint density at radius 2 is 1.83 bits per heavy atom. The van der Waals surface area contributed by atoms with E-state index in [-0.39, 0.29) is 6.04 Å². The second-order valence-electron chi connectivity index (χ2n) is 6.46. The fraction of sp³-hybridized carbons (Fsp3) is 0.750. The lowest BCUT2D eigenvalue weighted by atomic mass is 10.0. The van der Waals surface area contributed by atoms with Gasteiger partial charge < -0.3 is 14.5 Å². The molecule has 0 atom stereocenters. The van der Waals surface area contributed by atoms with Crippen LogP contribution in [0.15, 0.2) is 12.4 Å². The number of hydrogen-bond acceptors (Lipinski definition) is 5. The number of nitrogens with zero attached hydrogens (tertiary/aromatic N) is 4. The summed E-state index contributed by atoms with van der Waals surface area (Å²) in [6, 6.07) is 1.65. The maximum Gasteiger partial charge on any atom is 0.433 e. The third-order valence-corrected chi connectivity index (χ3v) is 4.71. The van der Waals surface area contributed by atoms with Crippen LogP contribution in [-0.4, -0.2) is 60.3 Å². The molecule has 1 aliphatic carbocycles. The number of halogens is 3. The zero-order valence-corrected chi connectivity index (χ0v) is 13.8. The van der Waals surface area contributed by atoms with Gasteiger partial charge in [-0.1, -0.05) is 0 Å². The normalized spacial score (nSPS) is 20.3. The zero-order valence-electron chi connectivity index (χ0n) is 13.8. The number of anilines is 1. The first-order chi connectivity index (χ1) is 11.5. The first kappa shape index (κ1) is 17.4. The van der Waals surface area contributed by atoms with Gasteiger partial charge in [-0.2, -0.15) is 13.2 Å². The van der Waals surface area contributed by atoms with E-state index in [0.717, 1.165) is 57.7 Å². The van der Waals surface area contributed by atoms with Crippen molar-refractivity contribution >= 4 is 5.82 Å². The molecule has 5 nitrogen and oxygen atoms in total. The predicted molar refractivity (Wildman–Crippen MR) is 83.9 cm³/mol. The van der Waals surface area contributed by atoms with E-state index in [9.17, 15) is 13.2 Å². The van der Waals surface area contributed by atoms with E-state index in [1.165, 1.54) is 0 Å². The fourth-order valence-electron chi connectivity index (χ4n) is 3.31. The standard InChI is InChI=1S/C16H23F3N4O/c1-24-9-8-22-6-4-13(5-7-22)23(12-2-3-12)15-10-14(16(17,18)19)20-11-21-15/h10-13H,2-9H2,1H3. The summed E-state index contributed by atoms with van der Waals surface area (Å²) < 4.78 is 43.9. The highest BCUT2D eigenvalue weighted by molar-refractivity contribution is 5.44. The largest absolute Gasteiger partial charge is 0.433 e. The summed E-state index contributed by atoms with van der Waals surface area (Å²) in [4.78, 5) is 12.0. The molecule has 1 aromatic heterocycles. The molecule has 3 rings (SSSR count). The highest BCUT2D eigenvalue weighted by Gasteiger charge is 2.38. The van der Waals surface area contributed by atoms with Crippen molar-refractivity contribution in [1.29, 1.82) is 0 Å². The molecule has 24 heavy (non-hydrogen) atoms. The van der Waals surface area contributed by atoms with Gasteiger partial charge in [-0.15, -0.1) is 0 Å². The molecule has 0 unspecified atom stereocenters. The van der Waals surface area contributed by atoms with Crippen LogP contribution >= 0.6 is 0 Å². The smallest absolute Gasteiger partial charge is 0.383 e. The summed E-state index contributed by atoms with van der Waals surface area (Å²) in [6.45, 7) is 3.49. The summed E-state index contributed by atoms with van der Waals surface area (Å²) in [6.07, 6.45) is 0.513. The second kappa shape index (κ2) is 7.23. The van der Waals surface area contributed by atoms with E-state index < -0.39 is 11.9 Å². The van der Waals surface area contributed by atoms with Crippen molar-refractivity contribution in [3.05, 3.63) is 18.1 Å². The van der Waals surface area contributed by atoms with Gasteiger partial charge in [0.1, 0.15) is 17.8 Å². The van der Waals surface area contributed by atoms with Crippen LogP contribution in [0.2, 0.25) is 0 Å². The molecule has 1 aliphatic heterocycles. The van der Waals surface area contributed by atoms with E-state index in [2.05, 4.69) is 19.8 Å². The lowest BCUT2D eigenvalue weighted by molar-refractivity contribution is -0.141. The molecule has 2 heterocycles.